The fourth-order valence-corrected chi connectivity index (χ4v) is 4.44. The lowest BCUT2D eigenvalue weighted by Crippen LogP contribution is -2.17. The highest BCUT2D eigenvalue weighted by Gasteiger charge is 2.39. The van der Waals surface area contributed by atoms with Gasteiger partial charge in [-0.05, 0) is 34.4 Å². The zero-order valence-electron chi connectivity index (χ0n) is 15.2. The van der Waals surface area contributed by atoms with Crippen molar-refractivity contribution in [1.82, 2.24) is 0 Å². The lowest BCUT2D eigenvalue weighted by Gasteiger charge is -2.24. The molecule has 0 saturated heterocycles. The lowest BCUT2D eigenvalue weighted by molar-refractivity contribution is 0.620. The first-order valence-electron chi connectivity index (χ1n) is 8.97. The van der Waals surface area contributed by atoms with E-state index in [0.717, 1.165) is 11.2 Å². The Kier molecular flexibility index (Phi) is 2.69. The van der Waals surface area contributed by atoms with Gasteiger partial charge < -0.3 is 4.42 Å². The van der Waals surface area contributed by atoms with E-state index in [-0.39, 0.29) is 10.8 Å². The lowest BCUT2D eigenvalue weighted by atomic mass is 9.78. The fourth-order valence-electron chi connectivity index (χ4n) is 4.44. The van der Waals surface area contributed by atoms with Crippen LogP contribution in [0.3, 0.4) is 0 Å². The van der Waals surface area contributed by atoms with E-state index in [9.17, 15) is 0 Å². The Bertz CT molecular complexity index is 1130. The van der Waals surface area contributed by atoms with Crippen molar-refractivity contribution in [2.45, 2.75) is 33.1 Å². The summed E-state index contributed by atoms with van der Waals surface area (Å²) >= 11 is 0. The van der Waals surface area contributed by atoms with E-state index in [1.165, 1.54) is 33.0 Å². The van der Waals surface area contributed by atoms with Gasteiger partial charge in [-0.1, -0.05) is 76.3 Å². The van der Waals surface area contributed by atoms with Gasteiger partial charge in [0.2, 0.25) is 0 Å². The normalized spacial score (nSPS) is 20.2. The zero-order valence-corrected chi connectivity index (χ0v) is 15.2. The molecule has 0 aliphatic heterocycles. The molecular formula is C24H22O. The number of allylic oxidation sites excluding steroid dienone is 6. The number of rotatable bonds is 0. The molecule has 0 atom stereocenters. The largest absolute Gasteiger partial charge is 0.456 e. The summed E-state index contributed by atoms with van der Waals surface area (Å²) in [6.07, 6.45) is 9.29. The van der Waals surface area contributed by atoms with E-state index in [4.69, 9.17) is 4.42 Å². The number of hydrogen-bond donors (Lipinski definition) is 0. The summed E-state index contributed by atoms with van der Waals surface area (Å²) in [4.78, 5) is 0. The van der Waals surface area contributed by atoms with Gasteiger partial charge in [0.15, 0.2) is 0 Å². The van der Waals surface area contributed by atoms with Gasteiger partial charge in [-0.25, -0.2) is 0 Å². The SMILES string of the molecule is CC1(C)C=CC2=C(C=C1)C(C)(C)c1c2ccc2oc3ccccc3c12. The molecule has 0 amide bonds. The minimum atomic E-state index is -0.0436. The maximum Gasteiger partial charge on any atom is 0.135 e. The molecule has 3 aromatic rings. The summed E-state index contributed by atoms with van der Waals surface area (Å²) in [6, 6.07) is 12.7. The van der Waals surface area contributed by atoms with E-state index in [1.807, 2.05) is 6.07 Å². The third kappa shape index (κ3) is 1.90. The van der Waals surface area contributed by atoms with Gasteiger partial charge in [0, 0.05) is 21.6 Å². The summed E-state index contributed by atoms with van der Waals surface area (Å²) in [5, 5.41) is 2.49. The smallest absolute Gasteiger partial charge is 0.135 e. The molecule has 0 radical (unpaired) electrons. The quantitative estimate of drug-likeness (QED) is 0.443. The molecule has 0 bridgehead atoms. The highest BCUT2D eigenvalue weighted by molar-refractivity contribution is 6.10. The Morgan fingerprint density at radius 2 is 1.56 bits per heavy atom. The molecule has 2 aliphatic rings. The van der Waals surface area contributed by atoms with Crippen LogP contribution in [0.4, 0.5) is 0 Å². The van der Waals surface area contributed by atoms with Gasteiger partial charge >= 0.3 is 0 Å². The Hall–Kier alpha value is -2.54. The van der Waals surface area contributed by atoms with Crippen molar-refractivity contribution in [3.8, 4) is 0 Å². The minimum absolute atomic E-state index is 0.0436. The van der Waals surface area contributed by atoms with Crippen molar-refractivity contribution < 1.29 is 4.42 Å². The predicted octanol–water partition coefficient (Wildman–Crippen LogP) is 6.78. The van der Waals surface area contributed by atoms with Crippen LogP contribution in [-0.4, -0.2) is 0 Å². The second-order valence-electron chi connectivity index (χ2n) is 8.40. The van der Waals surface area contributed by atoms with Crippen molar-refractivity contribution in [2.75, 3.05) is 0 Å². The molecule has 2 aliphatic carbocycles. The molecule has 0 fully saturated rings. The summed E-state index contributed by atoms with van der Waals surface area (Å²) in [7, 11) is 0. The first kappa shape index (κ1) is 14.8. The monoisotopic (exact) mass is 326 g/mol. The minimum Gasteiger partial charge on any atom is -0.456 e. The third-order valence-corrected chi connectivity index (χ3v) is 5.78. The standard InChI is InChI=1S/C24H22O/c1-23(2)13-11-15-16-9-10-20-21(17-7-5-6-8-19(17)25-20)22(16)24(3,4)18(15)12-14-23/h5-14H,1-4H3. The van der Waals surface area contributed by atoms with Crippen LogP contribution in [0.25, 0.3) is 27.5 Å². The number of hydrogen-bond acceptors (Lipinski definition) is 1. The van der Waals surface area contributed by atoms with Gasteiger partial charge in [-0.2, -0.15) is 0 Å². The summed E-state index contributed by atoms with van der Waals surface area (Å²) in [5.41, 5.74) is 7.50. The molecule has 2 aromatic carbocycles. The molecule has 1 aromatic heterocycles. The second kappa shape index (κ2) is 4.54. The van der Waals surface area contributed by atoms with Gasteiger partial charge in [-0.15, -0.1) is 0 Å². The summed E-state index contributed by atoms with van der Waals surface area (Å²) in [5.74, 6) is 0. The molecule has 25 heavy (non-hydrogen) atoms. The maximum atomic E-state index is 6.13. The third-order valence-electron chi connectivity index (χ3n) is 5.78. The maximum absolute atomic E-state index is 6.13. The van der Waals surface area contributed by atoms with Gasteiger partial charge in [0.25, 0.3) is 0 Å². The van der Waals surface area contributed by atoms with Crippen molar-refractivity contribution in [3.63, 3.8) is 0 Å². The molecule has 0 N–H and O–H groups in total. The summed E-state index contributed by atoms with van der Waals surface area (Å²) in [6.45, 7) is 9.18. The molecule has 1 nitrogen and oxygen atoms in total. The van der Waals surface area contributed by atoms with Gasteiger partial charge in [0.05, 0.1) is 0 Å². The molecule has 0 spiro atoms. The van der Waals surface area contributed by atoms with Crippen molar-refractivity contribution in [2.24, 2.45) is 5.41 Å². The molecule has 1 heterocycles. The van der Waals surface area contributed by atoms with Crippen molar-refractivity contribution >= 4 is 27.5 Å². The first-order valence-corrected chi connectivity index (χ1v) is 8.97. The molecule has 1 heteroatoms. The van der Waals surface area contributed by atoms with E-state index < -0.39 is 0 Å². The van der Waals surface area contributed by atoms with Crippen LogP contribution in [0, 0.1) is 5.41 Å². The van der Waals surface area contributed by atoms with Crippen LogP contribution in [-0.2, 0) is 5.41 Å². The molecular weight excluding hydrogens is 304 g/mol. The van der Waals surface area contributed by atoms with E-state index in [0.29, 0.717) is 0 Å². The highest BCUT2D eigenvalue weighted by atomic mass is 16.3. The van der Waals surface area contributed by atoms with Crippen LogP contribution in [0.15, 0.2) is 70.7 Å². The number of fused-ring (bicyclic) bond motifs is 6. The first-order chi connectivity index (χ1) is 11.9. The number of furan rings is 1. The van der Waals surface area contributed by atoms with Crippen LogP contribution in [0.1, 0.15) is 38.8 Å². The number of benzene rings is 2. The Labute approximate surface area is 148 Å². The Morgan fingerprint density at radius 1 is 0.800 bits per heavy atom. The molecule has 0 saturated carbocycles. The highest BCUT2D eigenvalue weighted by Crippen LogP contribution is 2.52. The Morgan fingerprint density at radius 3 is 2.40 bits per heavy atom. The molecule has 5 rings (SSSR count). The van der Waals surface area contributed by atoms with Crippen LogP contribution < -0.4 is 0 Å². The Balaban J connectivity index is 1.89. The molecule has 124 valence electrons. The topological polar surface area (TPSA) is 13.1 Å². The fraction of sp³-hybridized carbons (Fsp3) is 0.250. The van der Waals surface area contributed by atoms with Crippen LogP contribution in [0.5, 0.6) is 0 Å². The van der Waals surface area contributed by atoms with Gasteiger partial charge in [-0.3, -0.25) is 0 Å². The molecule has 0 unspecified atom stereocenters. The van der Waals surface area contributed by atoms with E-state index in [1.54, 1.807) is 0 Å². The number of para-hydroxylation sites is 1. The predicted molar refractivity (Wildman–Crippen MR) is 106 cm³/mol. The average molecular weight is 326 g/mol. The van der Waals surface area contributed by atoms with E-state index >= 15 is 0 Å². The average Bonchev–Trinajstić information content (AvgIpc) is 2.97. The van der Waals surface area contributed by atoms with Crippen LogP contribution in [0.2, 0.25) is 0 Å². The van der Waals surface area contributed by atoms with E-state index in [2.05, 4.69) is 82.3 Å². The van der Waals surface area contributed by atoms with Gasteiger partial charge in [0.1, 0.15) is 11.2 Å². The van der Waals surface area contributed by atoms with Crippen molar-refractivity contribution in [3.05, 3.63) is 77.4 Å². The summed E-state index contributed by atoms with van der Waals surface area (Å²) < 4.78 is 6.13. The zero-order chi connectivity index (χ0) is 17.4. The van der Waals surface area contributed by atoms with Crippen molar-refractivity contribution in [1.29, 1.82) is 0 Å². The van der Waals surface area contributed by atoms with Crippen LogP contribution >= 0.6 is 0 Å². The second-order valence-corrected chi connectivity index (χ2v) is 8.40.